The number of benzene rings is 2. The van der Waals surface area contributed by atoms with E-state index in [-0.39, 0.29) is 12.5 Å². The minimum absolute atomic E-state index is 0.118. The summed E-state index contributed by atoms with van der Waals surface area (Å²) in [5.41, 5.74) is 2.19. The average Bonchev–Trinajstić information content (AvgIpc) is 2.78. The SMILES string of the molecule is CCCNC(=O)[C@H](C)N(Cc1cccc(Cl)c1)C(=O)CN(c1ccc(CC)cc1)S(C)(=O)=O. The number of anilines is 1. The summed E-state index contributed by atoms with van der Waals surface area (Å²) in [7, 11) is -3.74. The van der Waals surface area contributed by atoms with E-state index >= 15 is 0 Å². The fraction of sp³-hybridized carbons (Fsp3) is 0.417. The molecule has 9 heteroatoms. The summed E-state index contributed by atoms with van der Waals surface area (Å²) in [6.45, 7) is 5.76. The Morgan fingerprint density at radius 1 is 1.06 bits per heavy atom. The van der Waals surface area contributed by atoms with Crippen LogP contribution >= 0.6 is 11.6 Å². The Kier molecular flexibility index (Phi) is 9.73. The smallest absolute Gasteiger partial charge is 0.244 e. The molecule has 0 aliphatic rings. The van der Waals surface area contributed by atoms with Crippen LogP contribution in [0.4, 0.5) is 5.69 Å². The summed E-state index contributed by atoms with van der Waals surface area (Å²) in [4.78, 5) is 27.5. The molecule has 0 aromatic heterocycles. The van der Waals surface area contributed by atoms with Gasteiger partial charge in [-0.2, -0.15) is 0 Å². The van der Waals surface area contributed by atoms with Crippen LogP contribution in [0, 0.1) is 0 Å². The van der Waals surface area contributed by atoms with Crippen molar-refractivity contribution in [3.05, 3.63) is 64.7 Å². The van der Waals surface area contributed by atoms with E-state index in [0.29, 0.717) is 17.3 Å². The lowest BCUT2D eigenvalue weighted by Crippen LogP contribution is -2.51. The van der Waals surface area contributed by atoms with Crippen molar-refractivity contribution in [3.8, 4) is 0 Å². The number of hydrogen-bond donors (Lipinski definition) is 1. The van der Waals surface area contributed by atoms with Crippen molar-refractivity contribution in [2.45, 2.75) is 46.2 Å². The molecule has 2 aromatic rings. The third-order valence-corrected chi connectivity index (χ3v) is 6.65. The van der Waals surface area contributed by atoms with Crippen LogP contribution in [0.3, 0.4) is 0 Å². The molecule has 2 rings (SSSR count). The molecule has 33 heavy (non-hydrogen) atoms. The van der Waals surface area contributed by atoms with Gasteiger partial charge in [0.15, 0.2) is 0 Å². The van der Waals surface area contributed by atoms with Gasteiger partial charge in [0.25, 0.3) is 0 Å². The maximum atomic E-state index is 13.4. The maximum absolute atomic E-state index is 13.4. The van der Waals surface area contributed by atoms with Gasteiger partial charge in [0, 0.05) is 18.1 Å². The monoisotopic (exact) mass is 493 g/mol. The first-order chi connectivity index (χ1) is 15.6. The fourth-order valence-corrected chi connectivity index (χ4v) is 4.38. The molecule has 0 saturated heterocycles. The van der Waals surface area contributed by atoms with Gasteiger partial charge in [-0.15, -0.1) is 0 Å². The van der Waals surface area contributed by atoms with E-state index in [1.54, 1.807) is 43.3 Å². The highest BCUT2D eigenvalue weighted by Crippen LogP contribution is 2.20. The Hall–Kier alpha value is -2.58. The van der Waals surface area contributed by atoms with Gasteiger partial charge in [0.1, 0.15) is 12.6 Å². The van der Waals surface area contributed by atoms with E-state index in [9.17, 15) is 18.0 Å². The van der Waals surface area contributed by atoms with Crippen LogP contribution in [0.25, 0.3) is 0 Å². The van der Waals surface area contributed by atoms with Crippen molar-refractivity contribution < 1.29 is 18.0 Å². The molecule has 0 saturated carbocycles. The highest BCUT2D eigenvalue weighted by molar-refractivity contribution is 7.92. The van der Waals surface area contributed by atoms with Crippen LogP contribution in [0.15, 0.2) is 48.5 Å². The Morgan fingerprint density at radius 3 is 2.27 bits per heavy atom. The standard InChI is InChI=1S/C24H32ClN3O4S/c1-5-14-26-24(30)18(3)27(16-20-8-7-9-21(25)15-20)23(29)17-28(33(4,31)32)22-12-10-19(6-2)11-13-22/h7-13,15,18H,5-6,14,16-17H2,1-4H3,(H,26,30)/t18-/m0/s1. The fourth-order valence-electron chi connectivity index (χ4n) is 3.32. The minimum atomic E-state index is -3.74. The topological polar surface area (TPSA) is 86.8 Å². The van der Waals surface area contributed by atoms with E-state index in [4.69, 9.17) is 11.6 Å². The molecule has 0 unspecified atom stereocenters. The summed E-state index contributed by atoms with van der Waals surface area (Å²) in [6.07, 6.45) is 2.64. The van der Waals surface area contributed by atoms with E-state index in [0.717, 1.165) is 34.5 Å². The largest absolute Gasteiger partial charge is 0.354 e. The highest BCUT2D eigenvalue weighted by atomic mass is 35.5. The molecule has 0 spiro atoms. The number of amides is 2. The lowest BCUT2D eigenvalue weighted by molar-refractivity contribution is -0.139. The molecule has 1 N–H and O–H groups in total. The van der Waals surface area contributed by atoms with Crippen molar-refractivity contribution in [2.24, 2.45) is 0 Å². The number of sulfonamides is 1. The van der Waals surface area contributed by atoms with Crippen LogP contribution in [0.1, 0.15) is 38.3 Å². The second-order valence-corrected chi connectivity index (χ2v) is 10.3. The molecule has 2 amide bonds. The molecule has 7 nitrogen and oxygen atoms in total. The molecule has 180 valence electrons. The lowest BCUT2D eigenvalue weighted by atomic mass is 10.1. The second-order valence-electron chi connectivity index (χ2n) is 7.91. The molecule has 0 bridgehead atoms. The highest BCUT2D eigenvalue weighted by Gasteiger charge is 2.30. The molecule has 0 radical (unpaired) electrons. The Morgan fingerprint density at radius 2 is 1.73 bits per heavy atom. The first-order valence-electron chi connectivity index (χ1n) is 10.9. The van der Waals surface area contributed by atoms with Crippen molar-refractivity contribution in [3.63, 3.8) is 0 Å². The van der Waals surface area contributed by atoms with Crippen molar-refractivity contribution in [2.75, 3.05) is 23.7 Å². The average molecular weight is 494 g/mol. The molecule has 2 aromatic carbocycles. The van der Waals surface area contributed by atoms with Gasteiger partial charge < -0.3 is 10.2 Å². The predicted octanol–water partition coefficient (Wildman–Crippen LogP) is 3.61. The molecular formula is C24H32ClN3O4S. The molecule has 0 heterocycles. The molecule has 0 aliphatic heterocycles. The quantitative estimate of drug-likeness (QED) is 0.518. The first kappa shape index (κ1) is 26.7. The molecule has 1 atom stereocenters. The summed E-state index contributed by atoms with van der Waals surface area (Å²) in [5.74, 6) is -0.787. The van der Waals surface area contributed by atoms with Gasteiger partial charge >= 0.3 is 0 Å². The first-order valence-corrected chi connectivity index (χ1v) is 13.2. The number of aryl methyl sites for hydroxylation is 1. The Bertz CT molecular complexity index is 1060. The van der Waals surface area contributed by atoms with Crippen molar-refractivity contribution >= 4 is 39.1 Å². The van der Waals surface area contributed by atoms with Crippen molar-refractivity contribution in [1.82, 2.24) is 10.2 Å². The van der Waals surface area contributed by atoms with Crippen LogP contribution in [-0.4, -0.2) is 50.5 Å². The Labute approximate surface area is 201 Å². The number of nitrogens with zero attached hydrogens (tertiary/aromatic N) is 2. The van der Waals surface area contributed by atoms with Crippen molar-refractivity contribution in [1.29, 1.82) is 0 Å². The van der Waals surface area contributed by atoms with Crippen LogP contribution in [0.2, 0.25) is 5.02 Å². The second kappa shape index (κ2) is 12.0. The number of hydrogen-bond acceptors (Lipinski definition) is 4. The number of rotatable bonds is 11. The zero-order valence-corrected chi connectivity index (χ0v) is 21.1. The summed E-state index contributed by atoms with van der Waals surface area (Å²) in [5, 5.41) is 3.31. The zero-order valence-electron chi connectivity index (χ0n) is 19.5. The zero-order chi connectivity index (χ0) is 24.6. The summed E-state index contributed by atoms with van der Waals surface area (Å²) in [6, 6.07) is 13.3. The van der Waals surface area contributed by atoms with Gasteiger partial charge in [-0.1, -0.05) is 49.7 Å². The summed E-state index contributed by atoms with van der Waals surface area (Å²) < 4.78 is 26.2. The number of carbonyl (C=O) groups is 2. The molecule has 0 aliphatic carbocycles. The van der Waals surface area contributed by atoms with Crippen LogP contribution in [-0.2, 0) is 32.6 Å². The van der Waals surface area contributed by atoms with E-state index in [2.05, 4.69) is 5.32 Å². The lowest BCUT2D eigenvalue weighted by Gasteiger charge is -2.31. The van der Waals surface area contributed by atoms with Gasteiger partial charge in [0.05, 0.1) is 11.9 Å². The molecule has 0 fully saturated rings. The van der Waals surface area contributed by atoms with Gasteiger partial charge in [0.2, 0.25) is 21.8 Å². The van der Waals surface area contributed by atoms with Gasteiger partial charge in [-0.25, -0.2) is 8.42 Å². The van der Waals surface area contributed by atoms with Crippen LogP contribution in [0.5, 0.6) is 0 Å². The number of nitrogens with one attached hydrogen (secondary N) is 1. The Balaban J connectivity index is 2.36. The minimum Gasteiger partial charge on any atom is -0.354 e. The molecular weight excluding hydrogens is 462 g/mol. The third kappa shape index (κ3) is 7.75. The normalized spacial score (nSPS) is 12.2. The van der Waals surface area contributed by atoms with E-state index < -0.39 is 28.5 Å². The number of carbonyl (C=O) groups excluding carboxylic acids is 2. The third-order valence-electron chi connectivity index (χ3n) is 5.27. The number of halogens is 1. The summed E-state index contributed by atoms with van der Waals surface area (Å²) >= 11 is 6.10. The maximum Gasteiger partial charge on any atom is 0.244 e. The van der Waals surface area contributed by atoms with Crippen LogP contribution < -0.4 is 9.62 Å². The van der Waals surface area contributed by atoms with Gasteiger partial charge in [-0.05, 0) is 55.2 Å². The van der Waals surface area contributed by atoms with E-state index in [1.807, 2.05) is 26.0 Å². The van der Waals surface area contributed by atoms with Gasteiger partial charge in [-0.3, -0.25) is 13.9 Å². The predicted molar refractivity (Wildman–Crippen MR) is 133 cm³/mol. The van der Waals surface area contributed by atoms with E-state index in [1.165, 1.54) is 4.90 Å².